The first-order valence-electron chi connectivity index (χ1n) is 5.35. The molecule has 0 aromatic carbocycles. The van der Waals surface area contributed by atoms with Crippen LogP contribution in [-0.2, 0) is 0 Å². The van der Waals surface area contributed by atoms with E-state index in [4.69, 9.17) is 0 Å². The van der Waals surface area contributed by atoms with Gasteiger partial charge < -0.3 is 4.90 Å². The maximum absolute atomic E-state index is 4.40. The zero-order chi connectivity index (χ0) is 11.0. The lowest BCUT2D eigenvalue weighted by molar-refractivity contribution is 0.441. The van der Waals surface area contributed by atoms with Gasteiger partial charge in [-0.05, 0) is 12.3 Å². The highest BCUT2D eigenvalue weighted by molar-refractivity contribution is 7.84. The molecule has 0 spiro atoms. The minimum atomic E-state index is 0.589. The van der Waals surface area contributed by atoms with E-state index in [1.165, 1.54) is 12.8 Å². The molecule has 0 aromatic rings. The lowest BCUT2D eigenvalue weighted by Gasteiger charge is -2.13. The van der Waals surface area contributed by atoms with Gasteiger partial charge in [-0.15, -0.1) is 12.6 Å². The standard InChI is InChI=1S/C12H23NS/c1-5-6-9-13(4)10-12(14)8-7-11(2)3/h7-8,10-11,14H,5-6,9H2,1-4H3/b8-7-,12-10+. The van der Waals surface area contributed by atoms with E-state index in [1.54, 1.807) is 0 Å². The SMILES string of the molecule is CCCCN(C)/C=C(S)\C=C/C(C)C. The Morgan fingerprint density at radius 2 is 2.07 bits per heavy atom. The number of unbranched alkanes of at least 4 members (excludes halogenated alkanes) is 1. The maximum atomic E-state index is 4.40. The van der Waals surface area contributed by atoms with Gasteiger partial charge in [-0.2, -0.15) is 0 Å². The van der Waals surface area contributed by atoms with E-state index in [0.29, 0.717) is 5.92 Å². The minimum Gasteiger partial charge on any atom is -0.380 e. The first-order chi connectivity index (χ1) is 6.56. The fourth-order valence-corrected chi connectivity index (χ4v) is 1.32. The molecule has 0 aliphatic carbocycles. The molecule has 14 heavy (non-hydrogen) atoms. The van der Waals surface area contributed by atoms with E-state index in [9.17, 15) is 0 Å². The highest BCUT2D eigenvalue weighted by Gasteiger charge is 1.92. The molecule has 0 radical (unpaired) electrons. The summed E-state index contributed by atoms with van der Waals surface area (Å²) in [5, 5.41) is 0. The predicted octanol–water partition coefficient (Wildman–Crippen LogP) is 3.70. The third-order valence-corrected chi connectivity index (χ3v) is 2.13. The van der Waals surface area contributed by atoms with Crippen molar-refractivity contribution >= 4 is 12.6 Å². The largest absolute Gasteiger partial charge is 0.380 e. The van der Waals surface area contributed by atoms with Gasteiger partial charge >= 0.3 is 0 Å². The first-order valence-corrected chi connectivity index (χ1v) is 5.80. The molecule has 0 aliphatic rings. The zero-order valence-corrected chi connectivity index (χ0v) is 10.7. The quantitative estimate of drug-likeness (QED) is 0.520. The molecule has 82 valence electrons. The Labute approximate surface area is 94.3 Å². The molecule has 0 aliphatic heterocycles. The topological polar surface area (TPSA) is 3.24 Å². The third kappa shape index (κ3) is 8.24. The van der Waals surface area contributed by atoms with Gasteiger partial charge in [0.05, 0.1) is 0 Å². The van der Waals surface area contributed by atoms with Crippen LogP contribution in [0.25, 0.3) is 0 Å². The molecule has 0 aromatic heterocycles. The van der Waals surface area contributed by atoms with Crippen molar-refractivity contribution in [2.45, 2.75) is 33.6 Å². The second-order valence-corrected chi connectivity index (χ2v) is 4.51. The second kappa shape index (κ2) is 7.98. The summed E-state index contributed by atoms with van der Waals surface area (Å²) in [7, 11) is 2.09. The summed E-state index contributed by atoms with van der Waals surface area (Å²) >= 11 is 4.40. The number of allylic oxidation sites excluding steroid dienone is 2. The van der Waals surface area contributed by atoms with Gasteiger partial charge in [-0.3, -0.25) is 0 Å². The number of nitrogens with zero attached hydrogens (tertiary/aromatic N) is 1. The van der Waals surface area contributed by atoms with Crippen molar-refractivity contribution in [3.63, 3.8) is 0 Å². The van der Waals surface area contributed by atoms with E-state index in [-0.39, 0.29) is 0 Å². The highest BCUT2D eigenvalue weighted by Crippen LogP contribution is 2.07. The number of hydrogen-bond donors (Lipinski definition) is 1. The Kier molecular flexibility index (Phi) is 7.77. The van der Waals surface area contributed by atoms with E-state index in [1.807, 2.05) is 0 Å². The fourth-order valence-electron chi connectivity index (χ4n) is 1.03. The summed E-state index contributed by atoms with van der Waals surface area (Å²) < 4.78 is 0. The molecule has 0 bridgehead atoms. The van der Waals surface area contributed by atoms with Gasteiger partial charge in [0.15, 0.2) is 0 Å². The molecule has 0 amide bonds. The molecule has 0 saturated heterocycles. The van der Waals surface area contributed by atoms with Crippen LogP contribution in [-0.4, -0.2) is 18.5 Å². The summed E-state index contributed by atoms with van der Waals surface area (Å²) in [5.74, 6) is 0.589. The van der Waals surface area contributed by atoms with E-state index in [2.05, 4.69) is 63.7 Å². The fraction of sp³-hybridized carbons (Fsp3) is 0.667. The normalized spacial score (nSPS) is 12.9. The number of thiol groups is 1. The predicted molar refractivity (Wildman–Crippen MR) is 68.6 cm³/mol. The lowest BCUT2D eigenvalue weighted by atomic mass is 10.2. The van der Waals surface area contributed by atoms with Gasteiger partial charge in [0.25, 0.3) is 0 Å². The van der Waals surface area contributed by atoms with E-state index >= 15 is 0 Å². The van der Waals surface area contributed by atoms with Crippen LogP contribution in [0.1, 0.15) is 33.6 Å². The third-order valence-electron chi connectivity index (χ3n) is 1.87. The Morgan fingerprint density at radius 1 is 1.43 bits per heavy atom. The van der Waals surface area contributed by atoms with Crippen molar-refractivity contribution in [1.29, 1.82) is 0 Å². The Hall–Kier alpha value is -0.370. The molecule has 0 fully saturated rings. The molecule has 0 unspecified atom stereocenters. The Balaban J connectivity index is 3.95. The van der Waals surface area contributed by atoms with Crippen molar-refractivity contribution in [2.24, 2.45) is 5.92 Å². The van der Waals surface area contributed by atoms with Gasteiger partial charge in [-0.1, -0.05) is 39.3 Å². The van der Waals surface area contributed by atoms with Gasteiger partial charge in [-0.25, -0.2) is 0 Å². The van der Waals surface area contributed by atoms with Crippen LogP contribution in [0.4, 0.5) is 0 Å². The summed E-state index contributed by atoms with van der Waals surface area (Å²) in [6, 6.07) is 0. The Morgan fingerprint density at radius 3 is 2.57 bits per heavy atom. The minimum absolute atomic E-state index is 0.589. The van der Waals surface area contributed by atoms with E-state index in [0.717, 1.165) is 11.4 Å². The first kappa shape index (κ1) is 13.6. The number of rotatable bonds is 6. The van der Waals surface area contributed by atoms with Crippen LogP contribution in [0.3, 0.4) is 0 Å². The monoisotopic (exact) mass is 213 g/mol. The molecule has 0 rings (SSSR count). The summed E-state index contributed by atoms with van der Waals surface area (Å²) in [5.41, 5.74) is 0. The van der Waals surface area contributed by atoms with Crippen molar-refractivity contribution in [2.75, 3.05) is 13.6 Å². The van der Waals surface area contributed by atoms with Crippen LogP contribution < -0.4 is 0 Å². The molecule has 1 nitrogen and oxygen atoms in total. The molecule has 0 atom stereocenters. The lowest BCUT2D eigenvalue weighted by Crippen LogP contribution is -2.12. The molecular weight excluding hydrogens is 190 g/mol. The zero-order valence-electron chi connectivity index (χ0n) is 9.83. The summed E-state index contributed by atoms with van der Waals surface area (Å²) in [6.07, 6.45) is 8.78. The summed E-state index contributed by atoms with van der Waals surface area (Å²) in [6.45, 7) is 7.64. The van der Waals surface area contributed by atoms with Crippen LogP contribution in [0, 0.1) is 5.92 Å². The van der Waals surface area contributed by atoms with Crippen molar-refractivity contribution in [3.05, 3.63) is 23.3 Å². The van der Waals surface area contributed by atoms with Crippen molar-refractivity contribution in [3.8, 4) is 0 Å². The highest BCUT2D eigenvalue weighted by atomic mass is 32.1. The van der Waals surface area contributed by atoms with Gasteiger partial charge in [0.1, 0.15) is 0 Å². The van der Waals surface area contributed by atoms with Crippen LogP contribution in [0.5, 0.6) is 0 Å². The second-order valence-electron chi connectivity index (χ2n) is 3.99. The Bertz CT molecular complexity index is 194. The average molecular weight is 213 g/mol. The van der Waals surface area contributed by atoms with Crippen LogP contribution >= 0.6 is 12.6 Å². The molecule has 0 heterocycles. The molecule has 0 N–H and O–H groups in total. The molecular formula is C12H23NS. The summed E-state index contributed by atoms with van der Waals surface area (Å²) in [4.78, 5) is 3.22. The van der Waals surface area contributed by atoms with Crippen LogP contribution in [0.15, 0.2) is 23.3 Å². The maximum Gasteiger partial charge on any atom is 0.0196 e. The average Bonchev–Trinajstić information content (AvgIpc) is 2.11. The number of hydrogen-bond acceptors (Lipinski definition) is 2. The van der Waals surface area contributed by atoms with Gasteiger partial charge in [0, 0.05) is 24.7 Å². The van der Waals surface area contributed by atoms with E-state index < -0.39 is 0 Å². The van der Waals surface area contributed by atoms with Crippen LogP contribution in [0.2, 0.25) is 0 Å². The molecule has 0 saturated carbocycles. The smallest absolute Gasteiger partial charge is 0.0196 e. The van der Waals surface area contributed by atoms with Crippen molar-refractivity contribution in [1.82, 2.24) is 4.90 Å². The van der Waals surface area contributed by atoms with Gasteiger partial charge in [0.2, 0.25) is 0 Å². The van der Waals surface area contributed by atoms with Crippen molar-refractivity contribution < 1.29 is 0 Å². The molecule has 2 heteroatoms.